The van der Waals surface area contributed by atoms with E-state index in [0.717, 1.165) is 0 Å². The van der Waals surface area contributed by atoms with Crippen LogP contribution < -0.4 is 11.4 Å². The van der Waals surface area contributed by atoms with Crippen molar-refractivity contribution in [2.45, 2.75) is 17.3 Å². The molecule has 3 aromatic rings. The number of nitrogens with one attached hydrogen (secondary N) is 3. The molecule has 0 radical (unpaired) electrons. The van der Waals surface area contributed by atoms with Crippen molar-refractivity contribution in [3.8, 4) is 0 Å². The highest BCUT2D eigenvalue weighted by atomic mass is 32.2. The highest BCUT2D eigenvalue weighted by Gasteiger charge is 2.19. The number of nitrogen functional groups attached to an aromatic ring is 1. The van der Waals surface area contributed by atoms with Crippen molar-refractivity contribution in [2.24, 2.45) is 0 Å². The third kappa shape index (κ3) is 2.68. The Kier molecular flexibility index (Phi) is 3.26. The number of fused-ring (bicyclic) bond motifs is 1. The van der Waals surface area contributed by atoms with Gasteiger partial charge in [0.05, 0.1) is 16.3 Å². The molecule has 1 atom stereocenters. The van der Waals surface area contributed by atoms with Gasteiger partial charge in [0.25, 0.3) is 0 Å². The number of thioether (sulfide) groups is 1. The molecule has 1 aromatic carbocycles. The van der Waals surface area contributed by atoms with Crippen molar-refractivity contribution in [3.63, 3.8) is 0 Å². The normalized spacial score (nSPS) is 12.6. The number of H-pyrrole nitrogens is 3. The van der Waals surface area contributed by atoms with Crippen LogP contribution >= 0.6 is 11.8 Å². The molecule has 108 valence electrons. The number of carbonyl (C=O) groups excluding carboxylic acids is 1. The predicted molar refractivity (Wildman–Crippen MR) is 79.4 cm³/mol. The Morgan fingerprint density at radius 1 is 1.33 bits per heavy atom. The fourth-order valence-corrected chi connectivity index (χ4v) is 2.75. The van der Waals surface area contributed by atoms with Gasteiger partial charge in [-0.1, -0.05) is 11.8 Å². The first kappa shape index (κ1) is 13.4. The minimum atomic E-state index is -0.372. The second-order valence-electron chi connectivity index (χ2n) is 4.47. The molecule has 0 aliphatic carbocycles. The monoisotopic (exact) mass is 304 g/mol. The van der Waals surface area contributed by atoms with Gasteiger partial charge in [-0.3, -0.25) is 4.79 Å². The minimum Gasteiger partial charge on any atom is -0.368 e. The second kappa shape index (κ2) is 5.09. The number of Topliss-reactive ketones (excluding diaryl/α,β-unsaturated/α-hetero) is 1. The Morgan fingerprint density at radius 2 is 2.10 bits per heavy atom. The van der Waals surface area contributed by atoms with Crippen LogP contribution in [-0.4, -0.2) is 36.2 Å². The van der Waals surface area contributed by atoms with Gasteiger partial charge >= 0.3 is 5.69 Å². The van der Waals surface area contributed by atoms with Crippen LogP contribution in [0.1, 0.15) is 17.3 Å². The van der Waals surface area contributed by atoms with E-state index < -0.39 is 0 Å². The first-order valence-corrected chi connectivity index (χ1v) is 7.01. The highest BCUT2D eigenvalue weighted by Crippen LogP contribution is 2.23. The fourth-order valence-electron chi connectivity index (χ4n) is 1.94. The number of aromatic nitrogens is 5. The largest absolute Gasteiger partial charge is 0.368 e. The van der Waals surface area contributed by atoms with Crippen molar-refractivity contribution < 1.29 is 4.79 Å². The number of hydrogen-bond donors (Lipinski definition) is 4. The van der Waals surface area contributed by atoms with Crippen LogP contribution in [0.15, 0.2) is 28.2 Å². The van der Waals surface area contributed by atoms with E-state index in [1.807, 2.05) is 0 Å². The van der Waals surface area contributed by atoms with E-state index in [1.54, 1.807) is 25.1 Å². The lowest BCUT2D eigenvalue weighted by Gasteiger charge is -2.07. The average molecular weight is 304 g/mol. The van der Waals surface area contributed by atoms with Gasteiger partial charge in [0.2, 0.25) is 11.1 Å². The summed E-state index contributed by atoms with van der Waals surface area (Å²) >= 11 is 1.22. The van der Waals surface area contributed by atoms with Gasteiger partial charge in [-0.15, -0.1) is 5.10 Å². The van der Waals surface area contributed by atoms with E-state index in [2.05, 4.69) is 25.1 Å². The lowest BCUT2D eigenvalue weighted by Crippen LogP contribution is -2.13. The van der Waals surface area contributed by atoms with Crippen LogP contribution in [0.25, 0.3) is 11.0 Å². The molecule has 0 spiro atoms. The van der Waals surface area contributed by atoms with Crippen molar-refractivity contribution in [2.75, 3.05) is 5.73 Å². The minimum absolute atomic E-state index is 0.0766. The topological polar surface area (TPSA) is 133 Å². The van der Waals surface area contributed by atoms with Crippen LogP contribution in [0, 0.1) is 0 Å². The van der Waals surface area contributed by atoms with Crippen molar-refractivity contribution in [3.05, 3.63) is 34.2 Å². The first-order valence-electron chi connectivity index (χ1n) is 6.14. The quantitative estimate of drug-likeness (QED) is 0.418. The van der Waals surface area contributed by atoms with Crippen LogP contribution in [0.3, 0.4) is 0 Å². The summed E-state index contributed by atoms with van der Waals surface area (Å²) in [6.45, 7) is 1.77. The molecule has 0 saturated heterocycles. The van der Waals surface area contributed by atoms with E-state index in [1.165, 1.54) is 11.8 Å². The molecule has 21 heavy (non-hydrogen) atoms. The molecule has 2 heterocycles. The van der Waals surface area contributed by atoms with Crippen LogP contribution in [0.2, 0.25) is 0 Å². The van der Waals surface area contributed by atoms with E-state index in [4.69, 9.17) is 5.73 Å². The van der Waals surface area contributed by atoms with Gasteiger partial charge in [-0.25, -0.2) is 9.89 Å². The Bertz CT molecular complexity index is 864. The molecule has 0 fully saturated rings. The maximum atomic E-state index is 12.4. The summed E-state index contributed by atoms with van der Waals surface area (Å²) in [6.07, 6.45) is 0. The smallest absolute Gasteiger partial charge is 0.323 e. The van der Waals surface area contributed by atoms with Crippen LogP contribution in [-0.2, 0) is 0 Å². The van der Waals surface area contributed by atoms with Gasteiger partial charge in [-0.2, -0.15) is 4.98 Å². The van der Waals surface area contributed by atoms with Crippen molar-refractivity contribution >= 4 is 34.5 Å². The molecule has 0 aliphatic rings. The molecule has 0 amide bonds. The van der Waals surface area contributed by atoms with Gasteiger partial charge in [-0.05, 0) is 25.1 Å². The molecule has 2 aromatic heterocycles. The van der Waals surface area contributed by atoms with E-state index in [0.29, 0.717) is 21.8 Å². The first-order chi connectivity index (χ1) is 10.0. The zero-order chi connectivity index (χ0) is 15.0. The molecule has 0 saturated carbocycles. The zero-order valence-corrected chi connectivity index (χ0v) is 11.8. The third-order valence-corrected chi connectivity index (χ3v) is 3.90. The number of rotatable bonds is 4. The molecule has 8 nitrogen and oxygen atoms in total. The van der Waals surface area contributed by atoms with Crippen molar-refractivity contribution in [1.29, 1.82) is 0 Å². The molecular weight excluding hydrogens is 292 g/mol. The van der Waals surface area contributed by atoms with Gasteiger partial charge in [0.1, 0.15) is 0 Å². The maximum Gasteiger partial charge on any atom is 0.323 e. The Balaban J connectivity index is 1.83. The standard InChI is InChI=1S/C12H12N6O2S/c1-5(21-12-16-10(13)17-18-12)9(19)6-2-3-7-8(4-6)15-11(20)14-7/h2-5H,1H3,(H2,14,15,20)(H3,13,16,17,18). The summed E-state index contributed by atoms with van der Waals surface area (Å²) in [7, 11) is 0. The summed E-state index contributed by atoms with van der Waals surface area (Å²) in [5.74, 6) is 0.135. The maximum absolute atomic E-state index is 12.4. The summed E-state index contributed by atoms with van der Waals surface area (Å²) < 4.78 is 0. The molecule has 9 heteroatoms. The highest BCUT2D eigenvalue weighted by molar-refractivity contribution is 8.00. The summed E-state index contributed by atoms with van der Waals surface area (Å²) in [6, 6.07) is 5.03. The van der Waals surface area contributed by atoms with E-state index in [-0.39, 0.29) is 22.7 Å². The number of ketones is 1. The molecule has 3 rings (SSSR count). The number of nitrogens with two attached hydrogens (primary N) is 1. The SMILES string of the molecule is CC(Sc1n[nH]c(N)n1)C(=O)c1ccc2[nH]c(=O)[nH]c2c1. The summed E-state index contributed by atoms with van der Waals surface area (Å²) in [5.41, 5.74) is 6.93. The number of imidazole rings is 1. The average Bonchev–Trinajstić information content (AvgIpc) is 3.01. The zero-order valence-electron chi connectivity index (χ0n) is 11.0. The fraction of sp³-hybridized carbons (Fsp3) is 0.167. The molecule has 5 N–H and O–H groups in total. The van der Waals surface area contributed by atoms with Gasteiger partial charge < -0.3 is 15.7 Å². The number of benzene rings is 1. The summed E-state index contributed by atoms with van der Waals surface area (Å²) in [4.78, 5) is 32.8. The van der Waals surface area contributed by atoms with Gasteiger partial charge in [0.15, 0.2) is 5.78 Å². The third-order valence-electron chi connectivity index (χ3n) is 2.93. The molecule has 1 unspecified atom stereocenters. The lowest BCUT2D eigenvalue weighted by molar-refractivity contribution is 0.0994. The van der Waals surface area contributed by atoms with E-state index in [9.17, 15) is 9.59 Å². The number of aromatic amines is 3. The van der Waals surface area contributed by atoms with Crippen LogP contribution in [0.4, 0.5) is 5.95 Å². The Labute approximate surface area is 122 Å². The molecule has 0 bridgehead atoms. The molecule has 0 aliphatic heterocycles. The number of nitrogens with zero attached hydrogens (tertiary/aromatic N) is 2. The Morgan fingerprint density at radius 3 is 2.81 bits per heavy atom. The number of carbonyl (C=O) groups is 1. The Hall–Kier alpha value is -2.55. The van der Waals surface area contributed by atoms with E-state index >= 15 is 0 Å². The predicted octanol–water partition coefficient (Wildman–Crippen LogP) is 0.920. The van der Waals surface area contributed by atoms with Crippen molar-refractivity contribution in [1.82, 2.24) is 25.1 Å². The molecular formula is C12H12N6O2S. The number of anilines is 1. The van der Waals surface area contributed by atoms with Crippen LogP contribution in [0.5, 0.6) is 0 Å². The number of hydrogen-bond acceptors (Lipinski definition) is 6. The van der Waals surface area contributed by atoms with Gasteiger partial charge in [0, 0.05) is 5.56 Å². The summed E-state index contributed by atoms with van der Waals surface area (Å²) in [5, 5.41) is 6.45. The lowest BCUT2D eigenvalue weighted by atomic mass is 10.1. The second-order valence-corrected chi connectivity index (χ2v) is 5.77.